The Balaban J connectivity index is 1.47. The summed E-state index contributed by atoms with van der Waals surface area (Å²) in [5, 5.41) is 16.1. The van der Waals surface area contributed by atoms with E-state index in [1.165, 1.54) is 4.68 Å². The average molecular weight is 412 g/mol. The lowest BCUT2D eigenvalue weighted by atomic mass is 10.1. The van der Waals surface area contributed by atoms with Crippen LogP contribution in [0.5, 0.6) is 0 Å². The quantitative estimate of drug-likeness (QED) is 0.403. The number of aromatic nitrogens is 6. The first-order valence-electron chi connectivity index (χ1n) is 9.53. The van der Waals surface area contributed by atoms with Gasteiger partial charge in [0.25, 0.3) is 5.71 Å². The number of tetrazole rings is 1. The monoisotopic (exact) mass is 412 g/mol. The largest absolute Gasteiger partial charge is 0.454 e. The Hall–Kier alpha value is -4.40. The molecule has 31 heavy (non-hydrogen) atoms. The number of esters is 1. The van der Waals surface area contributed by atoms with Crippen molar-refractivity contribution >= 4 is 17.1 Å². The molecule has 2 aromatic carbocycles. The summed E-state index contributed by atoms with van der Waals surface area (Å²) in [5.41, 5.74) is 3.36. The Labute approximate surface area is 176 Å². The molecular formula is C22H16N6O3. The number of aryl methyl sites for hydroxylation is 1. The summed E-state index contributed by atoms with van der Waals surface area (Å²) in [6.45, 7) is 1.65. The standard InChI is InChI=1S/C22H16N6O3/c1-14-20-17(12-18(23-21(20)31-25-14)15-8-4-2-5-9-15)22(29)30-13-19-24-26-27-28(19)16-10-6-3-7-11-16/h2-12H,13H2,1H3. The molecule has 0 aliphatic heterocycles. The first kappa shape index (κ1) is 18.6. The van der Waals surface area contributed by atoms with E-state index in [4.69, 9.17) is 9.26 Å². The molecule has 0 amide bonds. The molecule has 0 saturated heterocycles. The SMILES string of the molecule is Cc1noc2nc(-c3ccccc3)cc(C(=O)OCc3nnnn3-c3ccccc3)c12. The van der Waals surface area contributed by atoms with Crippen molar-refractivity contribution in [1.82, 2.24) is 30.3 Å². The van der Waals surface area contributed by atoms with Gasteiger partial charge in [0.15, 0.2) is 12.4 Å². The van der Waals surface area contributed by atoms with Crippen LogP contribution in [0.1, 0.15) is 21.9 Å². The van der Waals surface area contributed by atoms with Crippen LogP contribution in [0.2, 0.25) is 0 Å². The maximum absolute atomic E-state index is 13.0. The first-order valence-corrected chi connectivity index (χ1v) is 9.53. The van der Waals surface area contributed by atoms with Gasteiger partial charge in [0.05, 0.1) is 28.0 Å². The molecule has 0 N–H and O–H groups in total. The minimum atomic E-state index is -0.543. The van der Waals surface area contributed by atoms with E-state index in [2.05, 4.69) is 25.7 Å². The number of carbonyl (C=O) groups excluding carboxylic acids is 1. The van der Waals surface area contributed by atoms with E-state index in [-0.39, 0.29) is 12.3 Å². The molecule has 5 rings (SSSR count). The fourth-order valence-corrected chi connectivity index (χ4v) is 3.29. The van der Waals surface area contributed by atoms with E-state index in [9.17, 15) is 4.79 Å². The maximum Gasteiger partial charge on any atom is 0.339 e. The number of para-hydroxylation sites is 1. The Morgan fingerprint density at radius 2 is 1.81 bits per heavy atom. The Morgan fingerprint density at radius 1 is 1.06 bits per heavy atom. The maximum atomic E-state index is 13.0. The van der Waals surface area contributed by atoms with Crippen LogP contribution >= 0.6 is 0 Å². The van der Waals surface area contributed by atoms with Crippen LogP contribution in [-0.4, -0.2) is 36.3 Å². The average Bonchev–Trinajstić information content (AvgIpc) is 3.45. The van der Waals surface area contributed by atoms with E-state index in [0.717, 1.165) is 11.3 Å². The highest BCUT2D eigenvalue weighted by molar-refractivity contribution is 6.04. The molecule has 0 atom stereocenters. The zero-order valence-corrected chi connectivity index (χ0v) is 16.5. The van der Waals surface area contributed by atoms with Crippen molar-refractivity contribution in [2.75, 3.05) is 0 Å². The Kier molecular flexibility index (Phi) is 4.68. The number of fused-ring (bicyclic) bond motifs is 1. The predicted molar refractivity (Wildman–Crippen MR) is 110 cm³/mol. The highest BCUT2D eigenvalue weighted by Crippen LogP contribution is 2.27. The lowest BCUT2D eigenvalue weighted by molar-refractivity contribution is 0.0461. The summed E-state index contributed by atoms with van der Waals surface area (Å²) >= 11 is 0. The summed E-state index contributed by atoms with van der Waals surface area (Å²) in [7, 11) is 0. The third-order valence-corrected chi connectivity index (χ3v) is 4.77. The molecule has 0 fully saturated rings. The molecule has 5 aromatic rings. The zero-order valence-electron chi connectivity index (χ0n) is 16.5. The number of rotatable bonds is 5. The van der Waals surface area contributed by atoms with Gasteiger partial charge in [0.1, 0.15) is 0 Å². The topological polar surface area (TPSA) is 109 Å². The van der Waals surface area contributed by atoms with Crippen LogP contribution in [-0.2, 0) is 11.3 Å². The van der Waals surface area contributed by atoms with E-state index in [0.29, 0.717) is 28.2 Å². The van der Waals surface area contributed by atoms with Crippen LogP contribution < -0.4 is 0 Å². The van der Waals surface area contributed by atoms with Gasteiger partial charge in [-0.2, -0.15) is 4.68 Å². The van der Waals surface area contributed by atoms with Crippen LogP contribution in [0, 0.1) is 6.92 Å². The van der Waals surface area contributed by atoms with Crippen molar-refractivity contribution in [3.05, 3.63) is 83.8 Å². The number of ether oxygens (including phenoxy) is 1. The van der Waals surface area contributed by atoms with E-state index < -0.39 is 5.97 Å². The molecule has 3 heterocycles. The van der Waals surface area contributed by atoms with E-state index in [1.807, 2.05) is 60.7 Å². The summed E-state index contributed by atoms with van der Waals surface area (Å²) < 4.78 is 12.4. The fourth-order valence-electron chi connectivity index (χ4n) is 3.29. The highest BCUT2D eigenvalue weighted by Gasteiger charge is 2.21. The lowest BCUT2D eigenvalue weighted by Crippen LogP contribution is -2.11. The summed E-state index contributed by atoms with van der Waals surface area (Å²) in [6.07, 6.45) is 0. The molecule has 9 nitrogen and oxygen atoms in total. The minimum Gasteiger partial charge on any atom is -0.454 e. The summed E-state index contributed by atoms with van der Waals surface area (Å²) in [5.74, 6) is -0.145. The Morgan fingerprint density at radius 3 is 2.58 bits per heavy atom. The Bertz CT molecular complexity index is 1360. The molecular weight excluding hydrogens is 396 g/mol. The third kappa shape index (κ3) is 3.52. The number of hydrogen-bond donors (Lipinski definition) is 0. The molecule has 0 saturated carbocycles. The van der Waals surface area contributed by atoms with Gasteiger partial charge in [-0.25, -0.2) is 9.78 Å². The van der Waals surface area contributed by atoms with Crippen molar-refractivity contribution in [1.29, 1.82) is 0 Å². The molecule has 9 heteroatoms. The second-order valence-electron chi connectivity index (χ2n) is 6.79. The molecule has 0 spiro atoms. The fraction of sp³-hybridized carbons (Fsp3) is 0.0909. The molecule has 0 unspecified atom stereocenters. The molecule has 152 valence electrons. The van der Waals surface area contributed by atoms with Gasteiger partial charge in [-0.1, -0.05) is 53.7 Å². The zero-order chi connectivity index (χ0) is 21.2. The van der Waals surface area contributed by atoms with Gasteiger partial charge in [-0.15, -0.1) is 5.10 Å². The molecule has 0 bridgehead atoms. The summed E-state index contributed by atoms with van der Waals surface area (Å²) in [4.78, 5) is 17.5. The van der Waals surface area contributed by atoms with Crippen LogP contribution in [0.25, 0.3) is 28.0 Å². The highest BCUT2D eigenvalue weighted by atomic mass is 16.5. The van der Waals surface area contributed by atoms with Crippen LogP contribution in [0.15, 0.2) is 71.3 Å². The van der Waals surface area contributed by atoms with Gasteiger partial charge >= 0.3 is 5.97 Å². The second-order valence-corrected chi connectivity index (χ2v) is 6.79. The molecule has 3 aromatic heterocycles. The normalized spacial score (nSPS) is 11.0. The summed E-state index contributed by atoms with van der Waals surface area (Å²) in [6, 6.07) is 20.6. The number of nitrogens with zero attached hydrogens (tertiary/aromatic N) is 6. The van der Waals surface area contributed by atoms with Gasteiger partial charge < -0.3 is 9.26 Å². The lowest BCUT2D eigenvalue weighted by Gasteiger charge is -2.08. The van der Waals surface area contributed by atoms with Crippen molar-refractivity contribution < 1.29 is 14.1 Å². The predicted octanol–water partition coefficient (Wildman–Crippen LogP) is 3.53. The smallest absolute Gasteiger partial charge is 0.339 e. The van der Waals surface area contributed by atoms with E-state index in [1.54, 1.807) is 13.0 Å². The van der Waals surface area contributed by atoms with Crippen molar-refractivity contribution in [3.8, 4) is 16.9 Å². The molecule has 0 radical (unpaired) electrons. The van der Waals surface area contributed by atoms with Gasteiger partial charge in [-0.3, -0.25) is 0 Å². The van der Waals surface area contributed by atoms with Crippen LogP contribution in [0.3, 0.4) is 0 Å². The van der Waals surface area contributed by atoms with Gasteiger partial charge in [0.2, 0.25) is 0 Å². The number of hydrogen-bond acceptors (Lipinski definition) is 8. The number of pyridine rings is 1. The van der Waals surface area contributed by atoms with Crippen LogP contribution in [0.4, 0.5) is 0 Å². The van der Waals surface area contributed by atoms with Crippen molar-refractivity contribution in [2.45, 2.75) is 13.5 Å². The van der Waals surface area contributed by atoms with Crippen molar-refractivity contribution in [3.63, 3.8) is 0 Å². The molecule has 0 aliphatic rings. The van der Waals surface area contributed by atoms with Gasteiger partial charge in [0, 0.05) is 5.56 Å². The first-order chi connectivity index (χ1) is 15.2. The van der Waals surface area contributed by atoms with Crippen molar-refractivity contribution in [2.24, 2.45) is 0 Å². The third-order valence-electron chi connectivity index (χ3n) is 4.77. The number of benzene rings is 2. The van der Waals surface area contributed by atoms with E-state index >= 15 is 0 Å². The van der Waals surface area contributed by atoms with Gasteiger partial charge in [-0.05, 0) is 35.5 Å². The minimum absolute atomic E-state index is 0.102. The molecule has 0 aliphatic carbocycles. The second kappa shape index (κ2) is 7.79. The number of carbonyl (C=O) groups is 1.